The average Bonchev–Trinajstić information content (AvgIpc) is 2.84. The Hall–Kier alpha value is -3.31. The van der Waals surface area contributed by atoms with E-state index in [9.17, 15) is 9.59 Å². The second-order valence-corrected chi connectivity index (χ2v) is 8.15. The molecule has 0 aromatic heterocycles. The number of rotatable bonds is 10. The molecule has 2 amide bonds. The highest BCUT2D eigenvalue weighted by molar-refractivity contribution is 6.31. The molecule has 5 nitrogen and oxygen atoms in total. The van der Waals surface area contributed by atoms with E-state index in [0.29, 0.717) is 24.4 Å². The SMILES string of the molecule is CCCC(=O)N(Cc1ccc(OC)cc1)[C@H](C(=O)NCc1ccccc1Cl)c1ccccc1. The molecular weight excluding hydrogens is 436 g/mol. The summed E-state index contributed by atoms with van der Waals surface area (Å²) in [5.41, 5.74) is 2.49. The van der Waals surface area contributed by atoms with Gasteiger partial charge in [0, 0.05) is 24.5 Å². The van der Waals surface area contributed by atoms with E-state index in [4.69, 9.17) is 16.3 Å². The van der Waals surface area contributed by atoms with Gasteiger partial charge in [0.2, 0.25) is 11.8 Å². The lowest BCUT2D eigenvalue weighted by molar-refractivity contribution is -0.141. The van der Waals surface area contributed by atoms with Crippen LogP contribution in [0, 0.1) is 0 Å². The molecule has 0 unspecified atom stereocenters. The minimum Gasteiger partial charge on any atom is -0.497 e. The summed E-state index contributed by atoms with van der Waals surface area (Å²) in [6, 6.07) is 23.5. The number of halogens is 1. The quantitative estimate of drug-likeness (QED) is 0.429. The molecule has 0 aliphatic heterocycles. The molecule has 3 aromatic rings. The van der Waals surface area contributed by atoms with Crippen LogP contribution in [0.1, 0.15) is 42.5 Å². The van der Waals surface area contributed by atoms with Crippen molar-refractivity contribution in [3.05, 3.63) is 101 Å². The number of ether oxygens (including phenoxy) is 1. The molecule has 0 spiro atoms. The largest absolute Gasteiger partial charge is 0.497 e. The zero-order chi connectivity index (χ0) is 23.6. The maximum Gasteiger partial charge on any atom is 0.247 e. The monoisotopic (exact) mass is 464 g/mol. The van der Waals surface area contributed by atoms with Crippen molar-refractivity contribution >= 4 is 23.4 Å². The predicted molar refractivity (Wildman–Crippen MR) is 131 cm³/mol. The number of benzene rings is 3. The van der Waals surface area contributed by atoms with E-state index >= 15 is 0 Å². The molecule has 1 N–H and O–H groups in total. The number of nitrogens with zero attached hydrogens (tertiary/aromatic N) is 1. The minimum absolute atomic E-state index is 0.0740. The summed E-state index contributed by atoms with van der Waals surface area (Å²) in [4.78, 5) is 28.4. The van der Waals surface area contributed by atoms with Crippen LogP contribution in [0.25, 0.3) is 0 Å². The van der Waals surface area contributed by atoms with Crippen molar-refractivity contribution in [1.82, 2.24) is 10.2 Å². The first-order chi connectivity index (χ1) is 16.0. The number of hydrogen-bond acceptors (Lipinski definition) is 3. The molecule has 0 aliphatic carbocycles. The molecule has 0 heterocycles. The summed E-state index contributed by atoms with van der Waals surface area (Å²) < 4.78 is 5.24. The molecule has 33 heavy (non-hydrogen) atoms. The summed E-state index contributed by atoms with van der Waals surface area (Å²) in [7, 11) is 1.61. The Morgan fingerprint density at radius 3 is 2.27 bits per heavy atom. The van der Waals surface area contributed by atoms with E-state index in [1.807, 2.05) is 79.7 Å². The van der Waals surface area contributed by atoms with E-state index in [-0.39, 0.29) is 18.4 Å². The van der Waals surface area contributed by atoms with Gasteiger partial charge in [0.05, 0.1) is 7.11 Å². The van der Waals surface area contributed by atoms with Crippen molar-refractivity contribution < 1.29 is 14.3 Å². The standard InChI is InChI=1S/C27H29ClN2O3/c1-3-9-25(31)30(19-20-14-16-23(33-2)17-15-20)26(21-10-5-4-6-11-21)27(32)29-18-22-12-7-8-13-24(22)28/h4-8,10-17,26H,3,9,18-19H2,1-2H3,(H,29,32)/t26-/m0/s1. The fourth-order valence-electron chi connectivity index (χ4n) is 3.64. The van der Waals surface area contributed by atoms with Crippen LogP contribution in [0.5, 0.6) is 5.75 Å². The van der Waals surface area contributed by atoms with Crippen molar-refractivity contribution in [3.63, 3.8) is 0 Å². The van der Waals surface area contributed by atoms with E-state index in [0.717, 1.165) is 22.4 Å². The number of carbonyl (C=O) groups excluding carboxylic acids is 2. The zero-order valence-electron chi connectivity index (χ0n) is 19.0. The Morgan fingerprint density at radius 2 is 1.64 bits per heavy atom. The van der Waals surface area contributed by atoms with Gasteiger partial charge in [-0.15, -0.1) is 0 Å². The van der Waals surface area contributed by atoms with E-state index < -0.39 is 6.04 Å². The lowest BCUT2D eigenvalue weighted by atomic mass is 10.0. The van der Waals surface area contributed by atoms with Crippen LogP contribution in [0.15, 0.2) is 78.9 Å². The molecule has 3 aromatic carbocycles. The predicted octanol–water partition coefficient (Wildman–Crippen LogP) is 5.54. The smallest absolute Gasteiger partial charge is 0.247 e. The first-order valence-corrected chi connectivity index (χ1v) is 11.4. The van der Waals surface area contributed by atoms with Crippen LogP contribution < -0.4 is 10.1 Å². The molecule has 0 fully saturated rings. The lowest BCUT2D eigenvalue weighted by Gasteiger charge is -2.32. The topological polar surface area (TPSA) is 58.6 Å². The van der Waals surface area contributed by atoms with Crippen LogP contribution in [0.4, 0.5) is 0 Å². The Bertz CT molecular complexity index is 1050. The maximum atomic E-state index is 13.5. The summed E-state index contributed by atoms with van der Waals surface area (Å²) in [5, 5.41) is 3.57. The highest BCUT2D eigenvalue weighted by Crippen LogP contribution is 2.26. The Balaban J connectivity index is 1.92. The Kier molecular flexibility index (Phi) is 8.90. The summed E-state index contributed by atoms with van der Waals surface area (Å²) in [5.74, 6) is 0.413. The third-order valence-electron chi connectivity index (χ3n) is 5.38. The number of methoxy groups -OCH3 is 1. The van der Waals surface area contributed by atoms with Gasteiger partial charge in [-0.05, 0) is 41.3 Å². The molecule has 0 radical (unpaired) electrons. The van der Waals surface area contributed by atoms with Gasteiger partial charge in [-0.25, -0.2) is 0 Å². The van der Waals surface area contributed by atoms with Crippen LogP contribution in [0.3, 0.4) is 0 Å². The van der Waals surface area contributed by atoms with Gasteiger partial charge < -0.3 is 15.0 Å². The fraction of sp³-hybridized carbons (Fsp3) is 0.259. The maximum absolute atomic E-state index is 13.5. The zero-order valence-corrected chi connectivity index (χ0v) is 19.7. The number of nitrogens with one attached hydrogen (secondary N) is 1. The van der Waals surface area contributed by atoms with Gasteiger partial charge in [0.1, 0.15) is 11.8 Å². The Morgan fingerprint density at radius 1 is 0.970 bits per heavy atom. The van der Waals surface area contributed by atoms with Crippen LogP contribution in [-0.4, -0.2) is 23.8 Å². The number of carbonyl (C=O) groups is 2. The van der Waals surface area contributed by atoms with Crippen molar-refractivity contribution in [3.8, 4) is 5.75 Å². The van der Waals surface area contributed by atoms with Crippen molar-refractivity contribution in [2.45, 2.75) is 38.9 Å². The second-order valence-electron chi connectivity index (χ2n) is 7.74. The molecule has 0 saturated carbocycles. The van der Waals surface area contributed by atoms with Crippen molar-refractivity contribution in [1.29, 1.82) is 0 Å². The molecule has 0 saturated heterocycles. The van der Waals surface area contributed by atoms with Gasteiger partial charge in [-0.1, -0.05) is 79.2 Å². The van der Waals surface area contributed by atoms with E-state index in [1.54, 1.807) is 18.1 Å². The van der Waals surface area contributed by atoms with Gasteiger partial charge >= 0.3 is 0 Å². The van der Waals surface area contributed by atoms with Crippen LogP contribution in [-0.2, 0) is 22.7 Å². The van der Waals surface area contributed by atoms with Gasteiger partial charge in [-0.2, -0.15) is 0 Å². The van der Waals surface area contributed by atoms with Crippen LogP contribution >= 0.6 is 11.6 Å². The van der Waals surface area contributed by atoms with Crippen molar-refractivity contribution in [2.75, 3.05) is 7.11 Å². The van der Waals surface area contributed by atoms with E-state index in [1.165, 1.54) is 0 Å². The summed E-state index contributed by atoms with van der Waals surface area (Å²) in [6.07, 6.45) is 1.05. The molecular formula is C27H29ClN2O3. The van der Waals surface area contributed by atoms with Gasteiger partial charge in [-0.3, -0.25) is 9.59 Å². The Labute approximate surface area is 200 Å². The first kappa shape index (κ1) is 24.3. The number of amides is 2. The molecule has 1 atom stereocenters. The first-order valence-electron chi connectivity index (χ1n) is 11.0. The fourth-order valence-corrected chi connectivity index (χ4v) is 3.84. The summed E-state index contributed by atoms with van der Waals surface area (Å²) >= 11 is 6.26. The highest BCUT2D eigenvalue weighted by Gasteiger charge is 2.31. The molecule has 0 aliphatic rings. The molecule has 172 valence electrons. The third-order valence-corrected chi connectivity index (χ3v) is 5.75. The highest BCUT2D eigenvalue weighted by atomic mass is 35.5. The van der Waals surface area contributed by atoms with Crippen molar-refractivity contribution in [2.24, 2.45) is 0 Å². The number of hydrogen-bond donors (Lipinski definition) is 1. The average molecular weight is 465 g/mol. The normalized spacial score (nSPS) is 11.5. The van der Waals surface area contributed by atoms with Gasteiger partial charge in [0.25, 0.3) is 0 Å². The minimum atomic E-state index is -0.769. The lowest BCUT2D eigenvalue weighted by Crippen LogP contribution is -2.43. The molecule has 6 heteroatoms. The van der Waals surface area contributed by atoms with Crippen LogP contribution in [0.2, 0.25) is 5.02 Å². The van der Waals surface area contributed by atoms with E-state index in [2.05, 4.69) is 5.32 Å². The summed E-state index contributed by atoms with van der Waals surface area (Å²) in [6.45, 7) is 2.54. The third kappa shape index (κ3) is 6.59. The second kappa shape index (κ2) is 12.1. The van der Waals surface area contributed by atoms with Gasteiger partial charge in [0.15, 0.2) is 0 Å². The molecule has 3 rings (SSSR count). The molecule has 0 bridgehead atoms.